The number of carbonyl (C=O) groups is 1. The molecule has 0 aliphatic carbocycles. The number of non-ortho nitro benzene ring substituents is 1. The van der Waals surface area contributed by atoms with Crippen LogP contribution in [-0.4, -0.2) is 20.7 Å². The minimum atomic E-state index is -0.541. The molecular formula is C20H12FN3O3. The van der Waals surface area contributed by atoms with E-state index in [1.165, 1.54) is 42.6 Å². The fourth-order valence-corrected chi connectivity index (χ4v) is 2.91. The number of nitro groups is 1. The molecule has 6 nitrogen and oxygen atoms in total. The summed E-state index contributed by atoms with van der Waals surface area (Å²) in [6.45, 7) is 0. The van der Waals surface area contributed by atoms with Gasteiger partial charge in [-0.2, -0.15) is 0 Å². The SMILES string of the molecule is O=C(c1cccc([N+](=O)[O-])c1)c1c[nH]c2ncc(-c3ccc(F)cc3)cc12. The van der Waals surface area contributed by atoms with Crippen LogP contribution in [0.1, 0.15) is 15.9 Å². The number of H-pyrrole nitrogens is 1. The van der Waals surface area contributed by atoms with E-state index in [2.05, 4.69) is 9.97 Å². The van der Waals surface area contributed by atoms with Crippen molar-refractivity contribution >= 4 is 22.5 Å². The molecule has 0 saturated carbocycles. The molecule has 0 fully saturated rings. The zero-order chi connectivity index (χ0) is 19.0. The second kappa shape index (κ2) is 6.45. The van der Waals surface area contributed by atoms with Crippen molar-refractivity contribution in [3.05, 3.63) is 94.0 Å². The number of rotatable bonds is 4. The third-order valence-electron chi connectivity index (χ3n) is 4.27. The van der Waals surface area contributed by atoms with Crippen LogP contribution < -0.4 is 0 Å². The molecule has 2 aromatic heterocycles. The molecule has 0 spiro atoms. The Morgan fingerprint density at radius 2 is 1.85 bits per heavy atom. The topological polar surface area (TPSA) is 88.9 Å². The highest BCUT2D eigenvalue weighted by atomic mass is 19.1. The van der Waals surface area contributed by atoms with Crippen LogP contribution in [0, 0.1) is 15.9 Å². The zero-order valence-corrected chi connectivity index (χ0v) is 13.8. The molecule has 0 saturated heterocycles. The summed E-state index contributed by atoms with van der Waals surface area (Å²) in [5.41, 5.74) is 2.45. The number of hydrogen-bond acceptors (Lipinski definition) is 4. The average molecular weight is 361 g/mol. The lowest BCUT2D eigenvalue weighted by atomic mass is 10.0. The van der Waals surface area contributed by atoms with E-state index in [0.29, 0.717) is 16.6 Å². The minimum absolute atomic E-state index is 0.147. The van der Waals surface area contributed by atoms with Crippen molar-refractivity contribution in [2.45, 2.75) is 0 Å². The standard InChI is InChI=1S/C20H12FN3O3/c21-15-6-4-12(5-7-15)14-9-17-18(11-23-20(17)22-10-14)19(25)13-2-1-3-16(8-13)24(26)27/h1-11H,(H,22,23). The number of fused-ring (bicyclic) bond motifs is 1. The van der Waals surface area contributed by atoms with Crippen LogP contribution in [0.15, 0.2) is 67.0 Å². The highest BCUT2D eigenvalue weighted by molar-refractivity contribution is 6.16. The quantitative estimate of drug-likeness (QED) is 0.329. The predicted molar refractivity (Wildman–Crippen MR) is 98.0 cm³/mol. The molecule has 2 aromatic carbocycles. The van der Waals surface area contributed by atoms with E-state index < -0.39 is 4.92 Å². The van der Waals surface area contributed by atoms with E-state index in [1.807, 2.05) is 0 Å². The van der Waals surface area contributed by atoms with Crippen molar-refractivity contribution in [2.24, 2.45) is 0 Å². The Bertz CT molecular complexity index is 1180. The fraction of sp³-hybridized carbons (Fsp3) is 0. The van der Waals surface area contributed by atoms with Crippen LogP contribution in [0.25, 0.3) is 22.2 Å². The third-order valence-corrected chi connectivity index (χ3v) is 4.27. The monoisotopic (exact) mass is 361 g/mol. The van der Waals surface area contributed by atoms with E-state index in [-0.39, 0.29) is 22.9 Å². The van der Waals surface area contributed by atoms with Crippen molar-refractivity contribution in [3.8, 4) is 11.1 Å². The summed E-state index contributed by atoms with van der Waals surface area (Å²) in [6, 6.07) is 13.3. The summed E-state index contributed by atoms with van der Waals surface area (Å²) >= 11 is 0. The number of nitrogens with one attached hydrogen (secondary N) is 1. The number of pyridine rings is 1. The Morgan fingerprint density at radius 1 is 1.07 bits per heavy atom. The maximum atomic E-state index is 13.1. The maximum Gasteiger partial charge on any atom is 0.270 e. The first kappa shape index (κ1) is 16.6. The van der Waals surface area contributed by atoms with E-state index in [0.717, 1.165) is 11.1 Å². The summed E-state index contributed by atoms with van der Waals surface area (Å²) in [5, 5.41) is 11.5. The van der Waals surface area contributed by atoms with Gasteiger partial charge in [0.25, 0.3) is 5.69 Å². The van der Waals surface area contributed by atoms with Crippen LogP contribution in [0.2, 0.25) is 0 Å². The summed E-state index contributed by atoms with van der Waals surface area (Å²) in [7, 11) is 0. The number of aromatic amines is 1. The number of benzene rings is 2. The minimum Gasteiger partial charge on any atom is -0.345 e. The van der Waals surface area contributed by atoms with Crippen molar-refractivity contribution in [2.75, 3.05) is 0 Å². The van der Waals surface area contributed by atoms with E-state index >= 15 is 0 Å². The highest BCUT2D eigenvalue weighted by Gasteiger charge is 2.18. The highest BCUT2D eigenvalue weighted by Crippen LogP contribution is 2.27. The smallest absolute Gasteiger partial charge is 0.270 e. The number of nitro benzene ring substituents is 1. The van der Waals surface area contributed by atoms with Crippen LogP contribution in [0.4, 0.5) is 10.1 Å². The normalized spacial score (nSPS) is 10.9. The predicted octanol–water partition coefficient (Wildman–Crippen LogP) is 4.51. The Labute approximate surface area is 152 Å². The second-order valence-corrected chi connectivity index (χ2v) is 5.97. The molecule has 0 atom stereocenters. The van der Waals surface area contributed by atoms with Crippen molar-refractivity contribution in [1.82, 2.24) is 9.97 Å². The average Bonchev–Trinajstić information content (AvgIpc) is 3.11. The van der Waals surface area contributed by atoms with Gasteiger partial charge in [0.05, 0.1) is 4.92 Å². The van der Waals surface area contributed by atoms with Gasteiger partial charge >= 0.3 is 0 Å². The van der Waals surface area contributed by atoms with Crippen LogP contribution in [-0.2, 0) is 0 Å². The Morgan fingerprint density at radius 3 is 2.59 bits per heavy atom. The van der Waals surface area contributed by atoms with E-state index in [9.17, 15) is 19.3 Å². The Balaban J connectivity index is 1.79. The first-order chi connectivity index (χ1) is 13.0. The number of nitrogens with zero attached hydrogens (tertiary/aromatic N) is 2. The Hall–Kier alpha value is -3.87. The van der Waals surface area contributed by atoms with E-state index in [1.54, 1.807) is 24.4 Å². The van der Waals surface area contributed by atoms with Gasteiger partial charge in [0.1, 0.15) is 11.5 Å². The molecule has 4 rings (SSSR count). The van der Waals surface area contributed by atoms with Gasteiger partial charge in [-0.05, 0) is 23.8 Å². The molecule has 0 aliphatic rings. The lowest BCUT2D eigenvalue weighted by molar-refractivity contribution is -0.384. The third kappa shape index (κ3) is 3.06. The maximum absolute atomic E-state index is 13.1. The van der Waals surface area contributed by atoms with Gasteiger partial charge in [-0.3, -0.25) is 14.9 Å². The van der Waals surface area contributed by atoms with Gasteiger partial charge in [-0.25, -0.2) is 9.37 Å². The van der Waals surface area contributed by atoms with E-state index in [4.69, 9.17) is 0 Å². The van der Waals surface area contributed by atoms with Gasteiger partial charge in [-0.1, -0.05) is 24.3 Å². The molecule has 27 heavy (non-hydrogen) atoms. The lowest BCUT2D eigenvalue weighted by Gasteiger charge is -2.03. The van der Waals surface area contributed by atoms with Crippen molar-refractivity contribution < 1.29 is 14.1 Å². The summed E-state index contributed by atoms with van der Waals surface area (Å²) in [5.74, 6) is -0.682. The van der Waals surface area contributed by atoms with Crippen LogP contribution in [0.3, 0.4) is 0 Å². The van der Waals surface area contributed by atoms with Crippen molar-refractivity contribution in [3.63, 3.8) is 0 Å². The first-order valence-corrected chi connectivity index (χ1v) is 8.05. The largest absolute Gasteiger partial charge is 0.345 e. The molecule has 4 aromatic rings. The van der Waals surface area contributed by atoms with Gasteiger partial charge < -0.3 is 4.98 Å². The molecule has 132 valence electrons. The van der Waals surface area contributed by atoms with Gasteiger partial charge in [0, 0.05) is 46.6 Å². The first-order valence-electron chi connectivity index (χ1n) is 8.05. The van der Waals surface area contributed by atoms with Crippen LogP contribution in [0.5, 0.6) is 0 Å². The summed E-state index contributed by atoms with van der Waals surface area (Å²) < 4.78 is 13.1. The van der Waals surface area contributed by atoms with Gasteiger partial charge in [0.15, 0.2) is 5.78 Å². The number of ketones is 1. The lowest BCUT2D eigenvalue weighted by Crippen LogP contribution is -2.01. The Kier molecular flexibility index (Phi) is 3.97. The number of aromatic nitrogens is 2. The molecule has 0 amide bonds. The molecule has 7 heteroatoms. The fourth-order valence-electron chi connectivity index (χ4n) is 2.91. The molecule has 0 aliphatic heterocycles. The number of carbonyl (C=O) groups excluding carboxylic acids is 1. The number of halogens is 1. The van der Waals surface area contributed by atoms with Crippen LogP contribution >= 0.6 is 0 Å². The molecule has 2 heterocycles. The molecular weight excluding hydrogens is 349 g/mol. The van der Waals surface area contributed by atoms with Gasteiger partial charge in [-0.15, -0.1) is 0 Å². The molecule has 0 bridgehead atoms. The zero-order valence-electron chi connectivity index (χ0n) is 13.8. The molecule has 0 radical (unpaired) electrons. The number of hydrogen-bond donors (Lipinski definition) is 1. The summed E-state index contributed by atoms with van der Waals surface area (Å²) in [6.07, 6.45) is 3.17. The molecule has 0 unspecified atom stereocenters. The van der Waals surface area contributed by atoms with Gasteiger partial charge in [0.2, 0.25) is 0 Å². The summed E-state index contributed by atoms with van der Waals surface area (Å²) in [4.78, 5) is 30.5. The second-order valence-electron chi connectivity index (χ2n) is 5.97. The molecule has 1 N–H and O–H groups in total. The van der Waals surface area contributed by atoms with Crippen molar-refractivity contribution in [1.29, 1.82) is 0 Å².